The summed E-state index contributed by atoms with van der Waals surface area (Å²) < 4.78 is 0. The van der Waals surface area contributed by atoms with E-state index >= 15 is 0 Å². The van der Waals surface area contributed by atoms with Crippen LogP contribution in [0, 0.1) is 0 Å². The number of benzene rings is 2. The molecular weight excluding hydrogens is 372 g/mol. The van der Waals surface area contributed by atoms with Crippen LogP contribution < -0.4 is 5.32 Å². The average molecular weight is 396 g/mol. The zero-order valence-corrected chi connectivity index (χ0v) is 15.9. The average Bonchev–Trinajstić information content (AvgIpc) is 3.05. The summed E-state index contributed by atoms with van der Waals surface area (Å²) in [6, 6.07) is 13.8. The Morgan fingerprint density at radius 2 is 1.62 bits per heavy atom. The number of anilines is 1. The normalized spacial score (nSPS) is 18.9. The summed E-state index contributed by atoms with van der Waals surface area (Å²) in [7, 11) is 0. The Balaban J connectivity index is 1.46. The number of nitrogens with one attached hydrogen (secondary N) is 1. The van der Waals surface area contributed by atoms with Crippen molar-refractivity contribution >= 4 is 23.6 Å². The van der Waals surface area contributed by atoms with Gasteiger partial charge in [0.25, 0.3) is 0 Å². The zero-order chi connectivity index (χ0) is 20.8. The first-order chi connectivity index (χ1) is 13.9. The van der Waals surface area contributed by atoms with E-state index in [0.717, 1.165) is 11.1 Å². The fourth-order valence-electron chi connectivity index (χ4n) is 3.08. The highest BCUT2D eigenvalue weighted by atomic mass is 16.3. The molecule has 0 radical (unpaired) electrons. The van der Waals surface area contributed by atoms with Crippen molar-refractivity contribution in [2.45, 2.75) is 25.0 Å². The van der Waals surface area contributed by atoms with Crippen LogP contribution in [-0.4, -0.2) is 57.3 Å². The lowest BCUT2D eigenvalue weighted by molar-refractivity contribution is -0.130. The lowest BCUT2D eigenvalue weighted by atomic mass is 10.1. The highest BCUT2D eigenvalue weighted by molar-refractivity contribution is 6.01. The van der Waals surface area contributed by atoms with Gasteiger partial charge in [0.15, 0.2) is 0 Å². The number of likely N-dealkylation sites (tertiary alicyclic amines) is 1. The summed E-state index contributed by atoms with van der Waals surface area (Å²) >= 11 is 0. The summed E-state index contributed by atoms with van der Waals surface area (Å²) in [6.45, 7) is 0.339. The van der Waals surface area contributed by atoms with Gasteiger partial charge in [-0.15, -0.1) is 0 Å². The van der Waals surface area contributed by atoms with E-state index in [9.17, 15) is 24.9 Å². The van der Waals surface area contributed by atoms with Crippen LogP contribution >= 0.6 is 0 Å². The first kappa shape index (κ1) is 20.6. The molecule has 2 amide bonds. The van der Waals surface area contributed by atoms with Gasteiger partial charge < -0.3 is 25.5 Å². The Hall–Kier alpha value is -3.16. The second-order valence-electron chi connectivity index (χ2n) is 7.04. The Labute approximate surface area is 168 Å². The predicted octanol–water partition coefficient (Wildman–Crippen LogP) is 1.54. The molecule has 7 nitrogen and oxygen atoms in total. The van der Waals surface area contributed by atoms with E-state index < -0.39 is 12.2 Å². The molecule has 1 aliphatic rings. The molecule has 0 aliphatic carbocycles. The van der Waals surface area contributed by atoms with E-state index in [0.29, 0.717) is 18.5 Å². The van der Waals surface area contributed by atoms with Crippen molar-refractivity contribution in [3.05, 3.63) is 65.7 Å². The molecule has 2 aromatic carbocycles. The van der Waals surface area contributed by atoms with Crippen LogP contribution in [0.4, 0.5) is 5.69 Å². The molecular formula is C22H24N2O5. The molecule has 152 valence electrons. The number of amides is 2. The van der Waals surface area contributed by atoms with Gasteiger partial charge in [0.1, 0.15) is 5.75 Å². The fourth-order valence-corrected chi connectivity index (χ4v) is 3.08. The number of phenolic OH excluding ortho intramolecular Hbond substituents is 1. The van der Waals surface area contributed by atoms with Gasteiger partial charge in [0.05, 0.1) is 12.2 Å². The van der Waals surface area contributed by atoms with E-state index in [2.05, 4.69) is 5.32 Å². The van der Waals surface area contributed by atoms with Gasteiger partial charge in [0, 0.05) is 31.3 Å². The molecule has 0 bridgehead atoms. The van der Waals surface area contributed by atoms with Crippen molar-refractivity contribution in [1.29, 1.82) is 0 Å². The number of β-amino-alcohol motifs (C(OH)–C–C–N with tert-alkyl or cyclic N) is 2. The number of aromatic hydroxyl groups is 1. The van der Waals surface area contributed by atoms with Crippen LogP contribution in [0.3, 0.4) is 0 Å². The van der Waals surface area contributed by atoms with Gasteiger partial charge in [-0.1, -0.05) is 24.3 Å². The first-order valence-electron chi connectivity index (χ1n) is 9.41. The predicted molar refractivity (Wildman–Crippen MR) is 109 cm³/mol. The SMILES string of the molecule is O=C(/C=C/c1ccc(O)cc1)Nc1ccc(CCC(=O)N2C[C@H](O)[C@@H](O)C2)cc1. The molecule has 1 heterocycles. The molecule has 0 spiro atoms. The van der Waals surface area contributed by atoms with Crippen molar-refractivity contribution in [3.8, 4) is 5.75 Å². The highest BCUT2D eigenvalue weighted by Gasteiger charge is 2.31. The van der Waals surface area contributed by atoms with Gasteiger partial charge in [-0.2, -0.15) is 0 Å². The second-order valence-corrected chi connectivity index (χ2v) is 7.04. The van der Waals surface area contributed by atoms with Crippen LogP contribution in [0.5, 0.6) is 5.75 Å². The lowest BCUT2D eigenvalue weighted by Gasteiger charge is -2.15. The smallest absolute Gasteiger partial charge is 0.248 e. The standard InChI is InChI=1S/C22H24N2O5/c25-18-9-3-16(4-10-18)5-11-21(28)23-17-7-1-15(2-8-17)6-12-22(29)24-13-19(26)20(27)14-24/h1-5,7-11,19-20,25-27H,6,12-14H2,(H,23,28)/b11-5+/t19-,20-/m0/s1. The molecule has 0 aromatic heterocycles. The number of aliphatic hydroxyl groups is 2. The molecule has 4 N–H and O–H groups in total. The van der Waals surface area contributed by atoms with Crippen LogP contribution in [-0.2, 0) is 16.0 Å². The van der Waals surface area contributed by atoms with Gasteiger partial charge in [-0.05, 0) is 47.9 Å². The van der Waals surface area contributed by atoms with Crippen molar-refractivity contribution in [3.63, 3.8) is 0 Å². The maximum atomic E-state index is 12.2. The molecule has 2 atom stereocenters. The van der Waals surface area contributed by atoms with E-state index in [4.69, 9.17) is 0 Å². The second kappa shape index (κ2) is 9.36. The van der Waals surface area contributed by atoms with Crippen molar-refractivity contribution < 1.29 is 24.9 Å². The quantitative estimate of drug-likeness (QED) is 0.554. The van der Waals surface area contributed by atoms with E-state index in [-0.39, 0.29) is 30.7 Å². The third kappa shape index (κ3) is 5.91. The highest BCUT2D eigenvalue weighted by Crippen LogP contribution is 2.15. The number of aliphatic hydroxyl groups excluding tert-OH is 2. The van der Waals surface area contributed by atoms with Crippen molar-refractivity contribution in [1.82, 2.24) is 4.90 Å². The van der Waals surface area contributed by atoms with Gasteiger partial charge in [0.2, 0.25) is 11.8 Å². The molecule has 0 saturated carbocycles. The number of nitrogens with zero attached hydrogens (tertiary/aromatic N) is 1. The Morgan fingerprint density at radius 1 is 1.00 bits per heavy atom. The summed E-state index contributed by atoms with van der Waals surface area (Å²) in [6.07, 6.45) is 2.16. The third-order valence-corrected chi connectivity index (χ3v) is 4.78. The van der Waals surface area contributed by atoms with Gasteiger partial charge >= 0.3 is 0 Å². The minimum atomic E-state index is -0.870. The van der Waals surface area contributed by atoms with E-state index in [1.165, 1.54) is 11.0 Å². The number of rotatable bonds is 6. The molecule has 0 unspecified atom stereocenters. The maximum absolute atomic E-state index is 12.2. The lowest BCUT2D eigenvalue weighted by Crippen LogP contribution is -2.29. The number of phenols is 1. The van der Waals surface area contributed by atoms with Crippen LogP contribution in [0.2, 0.25) is 0 Å². The summed E-state index contributed by atoms with van der Waals surface area (Å²) in [5.74, 6) is -0.200. The zero-order valence-electron chi connectivity index (χ0n) is 15.9. The van der Waals surface area contributed by atoms with Gasteiger partial charge in [-0.3, -0.25) is 9.59 Å². The monoisotopic (exact) mass is 396 g/mol. The Kier molecular flexibility index (Phi) is 6.64. The van der Waals surface area contributed by atoms with Crippen LogP contribution in [0.15, 0.2) is 54.6 Å². The number of hydrogen-bond acceptors (Lipinski definition) is 5. The topological polar surface area (TPSA) is 110 Å². The number of carbonyl (C=O) groups is 2. The molecule has 7 heteroatoms. The maximum Gasteiger partial charge on any atom is 0.248 e. The third-order valence-electron chi connectivity index (χ3n) is 4.78. The van der Waals surface area contributed by atoms with Crippen molar-refractivity contribution in [2.75, 3.05) is 18.4 Å². The van der Waals surface area contributed by atoms with Crippen LogP contribution in [0.25, 0.3) is 6.08 Å². The molecule has 1 fully saturated rings. The molecule has 29 heavy (non-hydrogen) atoms. The Bertz CT molecular complexity index is 867. The largest absolute Gasteiger partial charge is 0.508 e. The summed E-state index contributed by atoms with van der Waals surface area (Å²) in [5, 5.41) is 31.1. The summed E-state index contributed by atoms with van der Waals surface area (Å²) in [5.41, 5.74) is 2.40. The molecule has 1 saturated heterocycles. The van der Waals surface area contributed by atoms with Crippen LogP contribution in [0.1, 0.15) is 17.5 Å². The summed E-state index contributed by atoms with van der Waals surface area (Å²) in [4.78, 5) is 25.6. The molecule has 1 aliphatic heterocycles. The first-order valence-corrected chi connectivity index (χ1v) is 9.41. The van der Waals surface area contributed by atoms with Crippen molar-refractivity contribution in [2.24, 2.45) is 0 Å². The van der Waals surface area contributed by atoms with E-state index in [1.807, 2.05) is 12.1 Å². The Morgan fingerprint density at radius 3 is 2.24 bits per heavy atom. The van der Waals surface area contributed by atoms with Gasteiger partial charge in [-0.25, -0.2) is 0 Å². The minimum Gasteiger partial charge on any atom is -0.508 e. The molecule has 2 aromatic rings. The van der Waals surface area contributed by atoms with E-state index in [1.54, 1.807) is 42.5 Å². The number of aryl methyl sites for hydroxylation is 1. The fraction of sp³-hybridized carbons (Fsp3) is 0.273. The minimum absolute atomic E-state index is 0.0997. The molecule has 3 rings (SSSR count). The number of carbonyl (C=O) groups excluding carboxylic acids is 2. The number of hydrogen-bond donors (Lipinski definition) is 4.